The lowest BCUT2D eigenvalue weighted by atomic mass is 9.86. The SMILES string of the molecule is N#CC1=C(N)Oc2c(oc(CO)cc2=O)[C@@H]1c1cn[nH]c1-c1ccc(F)cc1. The molecule has 0 spiro atoms. The molecule has 4 N–H and O–H groups in total. The maximum absolute atomic E-state index is 13.3. The minimum absolute atomic E-state index is 0.0157. The van der Waals surface area contributed by atoms with E-state index >= 15 is 0 Å². The zero-order valence-corrected chi connectivity index (χ0v) is 14.3. The van der Waals surface area contributed by atoms with Crippen molar-refractivity contribution in [3.05, 3.63) is 81.1 Å². The summed E-state index contributed by atoms with van der Waals surface area (Å²) < 4.78 is 24.3. The molecule has 0 saturated carbocycles. The van der Waals surface area contributed by atoms with Crippen LogP contribution in [0.15, 0.2) is 57.2 Å². The van der Waals surface area contributed by atoms with Crippen molar-refractivity contribution in [2.24, 2.45) is 5.73 Å². The second-order valence-corrected chi connectivity index (χ2v) is 6.06. The van der Waals surface area contributed by atoms with E-state index in [1.807, 2.05) is 6.07 Å². The number of fused-ring (bicyclic) bond motifs is 1. The first-order valence-corrected chi connectivity index (χ1v) is 8.18. The normalized spacial score (nSPS) is 15.7. The fraction of sp³-hybridized carbons (Fsp3) is 0.105. The first-order chi connectivity index (χ1) is 13.5. The fourth-order valence-corrected chi connectivity index (χ4v) is 3.14. The number of aliphatic hydroxyl groups excluding tert-OH is 1. The van der Waals surface area contributed by atoms with Gasteiger partial charge in [0.15, 0.2) is 5.76 Å². The molecule has 0 saturated heterocycles. The number of aromatic nitrogens is 2. The molecule has 2 aromatic heterocycles. The Morgan fingerprint density at radius 2 is 2.11 bits per heavy atom. The lowest BCUT2D eigenvalue weighted by Crippen LogP contribution is -2.25. The Balaban J connectivity index is 1.97. The largest absolute Gasteiger partial charge is 0.458 e. The van der Waals surface area contributed by atoms with Crippen LogP contribution in [0, 0.1) is 17.1 Å². The molecule has 1 aliphatic rings. The minimum Gasteiger partial charge on any atom is -0.458 e. The van der Waals surface area contributed by atoms with E-state index in [0.717, 1.165) is 6.07 Å². The molecule has 8 nitrogen and oxygen atoms in total. The van der Waals surface area contributed by atoms with Crippen molar-refractivity contribution >= 4 is 0 Å². The summed E-state index contributed by atoms with van der Waals surface area (Å²) in [4.78, 5) is 12.4. The van der Waals surface area contributed by atoms with E-state index in [9.17, 15) is 19.6 Å². The Bertz CT molecular complexity index is 1190. The van der Waals surface area contributed by atoms with E-state index in [0.29, 0.717) is 16.8 Å². The van der Waals surface area contributed by atoms with E-state index in [-0.39, 0.29) is 28.7 Å². The molecule has 4 rings (SSSR count). The summed E-state index contributed by atoms with van der Waals surface area (Å²) in [5, 5.41) is 25.9. The number of aromatic amines is 1. The molecule has 0 radical (unpaired) electrons. The van der Waals surface area contributed by atoms with Crippen LogP contribution in [0.5, 0.6) is 5.75 Å². The molecule has 0 bridgehead atoms. The molecular formula is C19H13FN4O4. The highest BCUT2D eigenvalue weighted by molar-refractivity contribution is 5.67. The third-order valence-electron chi connectivity index (χ3n) is 4.40. The molecule has 3 aromatic rings. The van der Waals surface area contributed by atoms with Gasteiger partial charge in [0, 0.05) is 17.2 Å². The minimum atomic E-state index is -0.897. The summed E-state index contributed by atoms with van der Waals surface area (Å²) >= 11 is 0. The summed E-state index contributed by atoms with van der Waals surface area (Å²) in [5.41, 5.74) is 6.94. The Morgan fingerprint density at radius 3 is 2.79 bits per heavy atom. The van der Waals surface area contributed by atoms with Crippen molar-refractivity contribution in [2.45, 2.75) is 12.5 Å². The average molecular weight is 380 g/mol. The third-order valence-corrected chi connectivity index (χ3v) is 4.40. The molecule has 28 heavy (non-hydrogen) atoms. The molecular weight excluding hydrogens is 367 g/mol. The Kier molecular flexibility index (Phi) is 4.18. The van der Waals surface area contributed by atoms with Crippen molar-refractivity contribution < 1.29 is 18.7 Å². The summed E-state index contributed by atoms with van der Waals surface area (Å²) in [6.45, 7) is -0.507. The maximum atomic E-state index is 13.3. The molecule has 0 aliphatic carbocycles. The van der Waals surface area contributed by atoms with Gasteiger partial charge in [-0.1, -0.05) is 0 Å². The molecule has 1 aromatic carbocycles. The predicted molar refractivity (Wildman–Crippen MR) is 94.2 cm³/mol. The number of nitrogens with two attached hydrogens (primary N) is 1. The van der Waals surface area contributed by atoms with Crippen molar-refractivity contribution in [1.29, 1.82) is 5.26 Å². The van der Waals surface area contributed by atoms with Gasteiger partial charge >= 0.3 is 0 Å². The number of hydrogen-bond acceptors (Lipinski definition) is 7. The van der Waals surface area contributed by atoms with Crippen molar-refractivity contribution in [2.75, 3.05) is 0 Å². The number of benzene rings is 1. The number of rotatable bonds is 3. The molecule has 3 heterocycles. The summed E-state index contributed by atoms with van der Waals surface area (Å²) in [6.07, 6.45) is 1.47. The van der Waals surface area contributed by atoms with Gasteiger partial charge in [-0.25, -0.2) is 4.39 Å². The lowest BCUT2D eigenvalue weighted by molar-refractivity contribution is 0.231. The monoisotopic (exact) mass is 380 g/mol. The van der Waals surface area contributed by atoms with Gasteiger partial charge in [0.2, 0.25) is 17.1 Å². The van der Waals surface area contributed by atoms with Gasteiger partial charge in [-0.2, -0.15) is 10.4 Å². The number of H-pyrrole nitrogens is 1. The van der Waals surface area contributed by atoms with Crippen molar-refractivity contribution in [3.8, 4) is 23.1 Å². The summed E-state index contributed by atoms with van der Waals surface area (Å²) in [5.74, 6) is -1.64. The lowest BCUT2D eigenvalue weighted by Gasteiger charge is -2.24. The number of allylic oxidation sites excluding steroid dienone is 1. The highest BCUT2D eigenvalue weighted by atomic mass is 19.1. The van der Waals surface area contributed by atoms with E-state index in [2.05, 4.69) is 10.2 Å². The molecule has 0 amide bonds. The first kappa shape index (κ1) is 17.5. The Hall–Kier alpha value is -3.90. The molecule has 1 atom stereocenters. The van der Waals surface area contributed by atoms with Gasteiger partial charge in [-0.15, -0.1) is 0 Å². The standard InChI is InChI=1S/C19H13FN4O4/c20-10-3-1-9(2-4-10)16-13(7-23-24-16)15-12(6-21)19(22)28-17-14(26)5-11(8-25)27-18(15)17/h1-5,7,15,25H,8,22H2,(H,23,24)/t15-/m0/s1. The highest BCUT2D eigenvalue weighted by Gasteiger charge is 2.37. The van der Waals surface area contributed by atoms with Crippen molar-refractivity contribution in [1.82, 2.24) is 10.2 Å². The van der Waals surface area contributed by atoms with Crippen LogP contribution in [0.25, 0.3) is 11.3 Å². The highest BCUT2D eigenvalue weighted by Crippen LogP contribution is 2.43. The van der Waals surface area contributed by atoms with Crippen LogP contribution >= 0.6 is 0 Å². The molecule has 1 aliphatic heterocycles. The van der Waals surface area contributed by atoms with Gasteiger partial charge in [0.1, 0.15) is 29.8 Å². The molecule has 0 unspecified atom stereocenters. The summed E-state index contributed by atoms with van der Waals surface area (Å²) in [7, 11) is 0. The zero-order valence-electron chi connectivity index (χ0n) is 14.3. The topological polar surface area (TPSA) is 138 Å². The third kappa shape index (κ3) is 2.72. The second kappa shape index (κ2) is 6.68. The van der Waals surface area contributed by atoms with Gasteiger partial charge in [-0.05, 0) is 24.3 Å². The maximum Gasteiger partial charge on any atom is 0.228 e. The number of aliphatic hydroxyl groups is 1. The Morgan fingerprint density at radius 1 is 1.36 bits per heavy atom. The zero-order chi connectivity index (χ0) is 19.8. The van der Waals surface area contributed by atoms with Gasteiger partial charge in [-0.3, -0.25) is 9.89 Å². The molecule has 140 valence electrons. The number of nitrogens with one attached hydrogen (secondary N) is 1. The van der Waals surface area contributed by atoms with Gasteiger partial charge in [0.05, 0.1) is 17.8 Å². The van der Waals surface area contributed by atoms with Crippen LogP contribution in [0.1, 0.15) is 23.0 Å². The van der Waals surface area contributed by atoms with Crippen LogP contribution in [-0.2, 0) is 6.61 Å². The average Bonchev–Trinajstić information content (AvgIpc) is 3.17. The van der Waals surface area contributed by atoms with Crippen LogP contribution in [0.3, 0.4) is 0 Å². The van der Waals surface area contributed by atoms with E-state index in [4.69, 9.17) is 14.9 Å². The summed E-state index contributed by atoms with van der Waals surface area (Å²) in [6, 6.07) is 8.75. The van der Waals surface area contributed by atoms with E-state index in [1.165, 1.54) is 18.3 Å². The van der Waals surface area contributed by atoms with E-state index < -0.39 is 23.8 Å². The van der Waals surface area contributed by atoms with Crippen LogP contribution < -0.4 is 15.9 Å². The number of halogens is 1. The van der Waals surface area contributed by atoms with Crippen LogP contribution in [-0.4, -0.2) is 15.3 Å². The number of nitrogens with zero attached hydrogens (tertiary/aromatic N) is 2. The fourth-order valence-electron chi connectivity index (χ4n) is 3.14. The first-order valence-electron chi connectivity index (χ1n) is 8.18. The number of hydrogen-bond donors (Lipinski definition) is 3. The smallest absolute Gasteiger partial charge is 0.228 e. The Labute approximate surface area is 157 Å². The number of nitriles is 1. The van der Waals surface area contributed by atoms with Crippen LogP contribution in [0.2, 0.25) is 0 Å². The van der Waals surface area contributed by atoms with Gasteiger partial charge in [0.25, 0.3) is 0 Å². The second-order valence-electron chi connectivity index (χ2n) is 6.06. The van der Waals surface area contributed by atoms with Crippen LogP contribution in [0.4, 0.5) is 4.39 Å². The number of ether oxygens (including phenoxy) is 1. The molecule has 0 fully saturated rings. The molecule has 9 heteroatoms. The quantitative estimate of drug-likeness (QED) is 0.630. The van der Waals surface area contributed by atoms with Crippen molar-refractivity contribution in [3.63, 3.8) is 0 Å². The van der Waals surface area contributed by atoms with E-state index in [1.54, 1.807) is 12.1 Å². The van der Waals surface area contributed by atoms with Gasteiger partial charge < -0.3 is 20.0 Å². The predicted octanol–water partition coefficient (Wildman–Crippen LogP) is 1.88.